The summed E-state index contributed by atoms with van der Waals surface area (Å²) >= 11 is 0. The topological polar surface area (TPSA) is 66.6 Å². The summed E-state index contributed by atoms with van der Waals surface area (Å²) in [7, 11) is 1.66. The van der Waals surface area contributed by atoms with Crippen molar-refractivity contribution >= 4 is 17.1 Å². The summed E-state index contributed by atoms with van der Waals surface area (Å²) in [6, 6.07) is 10.2. The second-order valence-electron chi connectivity index (χ2n) is 4.72. The first-order valence-electron chi connectivity index (χ1n) is 6.36. The number of nitro groups is 1. The maximum atomic E-state index is 12.9. The number of hydrogen-bond acceptors (Lipinski definition) is 4. The van der Waals surface area contributed by atoms with Crippen LogP contribution in [0.15, 0.2) is 42.5 Å². The second-order valence-corrected chi connectivity index (χ2v) is 4.72. The molecule has 0 unspecified atom stereocenters. The standard InChI is InChI=1S/C15H15FN2O3/c1-10(19)11-3-8-14(15(9-11)18(20)21)17(2)13-6-4-12(16)5-7-13/h3-10,19H,1-2H3/t10-/m0/s1. The highest BCUT2D eigenvalue weighted by Gasteiger charge is 2.20. The first kappa shape index (κ1) is 14.9. The van der Waals surface area contributed by atoms with Crippen LogP contribution in [-0.2, 0) is 0 Å². The molecular formula is C15H15FN2O3. The van der Waals surface area contributed by atoms with Crippen molar-refractivity contribution < 1.29 is 14.4 Å². The largest absolute Gasteiger partial charge is 0.389 e. The van der Waals surface area contributed by atoms with Crippen LogP contribution in [0.5, 0.6) is 0 Å². The highest BCUT2D eigenvalue weighted by molar-refractivity contribution is 5.72. The van der Waals surface area contributed by atoms with E-state index < -0.39 is 11.0 Å². The number of rotatable bonds is 4. The quantitative estimate of drug-likeness (QED) is 0.690. The molecule has 6 heteroatoms. The Morgan fingerprint density at radius 3 is 2.38 bits per heavy atom. The lowest BCUT2D eigenvalue weighted by Gasteiger charge is -2.20. The van der Waals surface area contributed by atoms with Crippen LogP contribution in [0, 0.1) is 15.9 Å². The fourth-order valence-electron chi connectivity index (χ4n) is 2.03. The van der Waals surface area contributed by atoms with Crippen molar-refractivity contribution in [2.24, 2.45) is 0 Å². The molecule has 5 nitrogen and oxygen atoms in total. The number of hydrogen-bond donors (Lipinski definition) is 1. The molecule has 2 rings (SSSR count). The van der Waals surface area contributed by atoms with Crippen molar-refractivity contribution in [1.29, 1.82) is 0 Å². The molecule has 1 N–H and O–H groups in total. The van der Waals surface area contributed by atoms with E-state index in [2.05, 4.69) is 0 Å². The first-order valence-corrected chi connectivity index (χ1v) is 6.36. The molecule has 2 aromatic carbocycles. The van der Waals surface area contributed by atoms with Gasteiger partial charge in [-0.25, -0.2) is 4.39 Å². The fraction of sp³-hybridized carbons (Fsp3) is 0.200. The van der Waals surface area contributed by atoms with Crippen LogP contribution in [-0.4, -0.2) is 17.1 Å². The monoisotopic (exact) mass is 290 g/mol. The Bertz CT molecular complexity index is 656. The number of aliphatic hydroxyl groups is 1. The molecule has 0 spiro atoms. The van der Waals surface area contributed by atoms with Crippen molar-refractivity contribution in [3.05, 3.63) is 64.0 Å². The Balaban J connectivity index is 2.47. The van der Waals surface area contributed by atoms with E-state index in [4.69, 9.17) is 0 Å². The minimum Gasteiger partial charge on any atom is -0.389 e. The third-order valence-electron chi connectivity index (χ3n) is 3.25. The van der Waals surface area contributed by atoms with E-state index in [1.54, 1.807) is 43.1 Å². The lowest BCUT2D eigenvalue weighted by Crippen LogP contribution is -2.12. The molecule has 0 aliphatic heterocycles. The average molecular weight is 290 g/mol. The second kappa shape index (κ2) is 5.88. The molecule has 0 heterocycles. The van der Waals surface area contributed by atoms with Gasteiger partial charge < -0.3 is 10.0 Å². The molecule has 0 bridgehead atoms. The van der Waals surface area contributed by atoms with Crippen molar-refractivity contribution in [2.75, 3.05) is 11.9 Å². The van der Waals surface area contributed by atoms with Gasteiger partial charge in [0, 0.05) is 18.8 Å². The third-order valence-corrected chi connectivity index (χ3v) is 3.25. The van der Waals surface area contributed by atoms with Gasteiger partial charge in [0.05, 0.1) is 11.0 Å². The van der Waals surface area contributed by atoms with Gasteiger partial charge in [0.15, 0.2) is 0 Å². The minimum atomic E-state index is -0.783. The zero-order valence-corrected chi connectivity index (χ0v) is 11.7. The van der Waals surface area contributed by atoms with E-state index in [-0.39, 0.29) is 11.5 Å². The number of halogens is 1. The first-order chi connectivity index (χ1) is 9.90. The molecule has 21 heavy (non-hydrogen) atoms. The van der Waals surface area contributed by atoms with Gasteiger partial charge in [-0.05, 0) is 42.8 Å². The zero-order chi connectivity index (χ0) is 15.6. The Morgan fingerprint density at radius 2 is 1.86 bits per heavy atom. The van der Waals surface area contributed by atoms with E-state index in [1.807, 2.05) is 0 Å². The smallest absolute Gasteiger partial charge is 0.293 e. The summed E-state index contributed by atoms with van der Waals surface area (Å²) in [6.07, 6.45) is -0.783. The van der Waals surface area contributed by atoms with Gasteiger partial charge in [-0.1, -0.05) is 6.07 Å². The van der Waals surface area contributed by atoms with Gasteiger partial charge >= 0.3 is 0 Å². The zero-order valence-electron chi connectivity index (χ0n) is 11.7. The molecule has 2 aromatic rings. The molecule has 0 radical (unpaired) electrons. The lowest BCUT2D eigenvalue weighted by molar-refractivity contribution is -0.384. The molecule has 0 amide bonds. The maximum Gasteiger partial charge on any atom is 0.293 e. The van der Waals surface area contributed by atoms with Crippen LogP contribution in [0.3, 0.4) is 0 Å². The summed E-state index contributed by atoms with van der Waals surface area (Å²) in [6.45, 7) is 1.54. The van der Waals surface area contributed by atoms with E-state index in [1.165, 1.54) is 18.2 Å². The van der Waals surface area contributed by atoms with Gasteiger partial charge in [0.2, 0.25) is 0 Å². The van der Waals surface area contributed by atoms with Crippen LogP contribution >= 0.6 is 0 Å². The SMILES string of the molecule is C[C@H](O)c1ccc(N(C)c2ccc(F)cc2)c([N+](=O)[O-])c1. The number of anilines is 2. The number of benzene rings is 2. The van der Waals surface area contributed by atoms with Crippen LogP contribution in [0.25, 0.3) is 0 Å². The highest BCUT2D eigenvalue weighted by atomic mass is 19.1. The normalized spacial score (nSPS) is 12.0. The molecule has 0 aliphatic carbocycles. The molecule has 0 fully saturated rings. The summed E-state index contributed by atoms with van der Waals surface area (Å²) in [5.74, 6) is -0.369. The maximum absolute atomic E-state index is 12.9. The van der Waals surface area contributed by atoms with Crippen molar-refractivity contribution in [3.63, 3.8) is 0 Å². The van der Waals surface area contributed by atoms with Crippen LogP contribution in [0.2, 0.25) is 0 Å². The Kier molecular flexibility index (Phi) is 4.18. The van der Waals surface area contributed by atoms with E-state index in [0.717, 1.165) is 0 Å². The van der Waals surface area contributed by atoms with Crippen LogP contribution < -0.4 is 4.90 Å². The molecule has 0 aliphatic rings. The van der Waals surface area contributed by atoms with E-state index in [0.29, 0.717) is 16.9 Å². The summed E-state index contributed by atoms with van der Waals surface area (Å²) in [4.78, 5) is 12.3. The van der Waals surface area contributed by atoms with Gasteiger partial charge in [-0.2, -0.15) is 0 Å². The summed E-state index contributed by atoms with van der Waals surface area (Å²) in [5.41, 5.74) is 1.36. The Morgan fingerprint density at radius 1 is 1.24 bits per heavy atom. The van der Waals surface area contributed by atoms with Crippen LogP contribution in [0.4, 0.5) is 21.5 Å². The number of nitrogens with zero attached hydrogens (tertiary/aromatic N) is 2. The average Bonchev–Trinajstić information content (AvgIpc) is 2.46. The van der Waals surface area contributed by atoms with E-state index >= 15 is 0 Å². The van der Waals surface area contributed by atoms with Crippen molar-refractivity contribution in [1.82, 2.24) is 0 Å². The lowest BCUT2D eigenvalue weighted by atomic mass is 10.1. The molecule has 110 valence electrons. The summed E-state index contributed by atoms with van der Waals surface area (Å²) < 4.78 is 12.9. The van der Waals surface area contributed by atoms with Gasteiger partial charge in [0.1, 0.15) is 11.5 Å². The Labute approximate surface area is 121 Å². The number of nitro benzene ring substituents is 1. The fourth-order valence-corrected chi connectivity index (χ4v) is 2.03. The van der Waals surface area contributed by atoms with Crippen molar-refractivity contribution in [3.8, 4) is 0 Å². The molecule has 0 saturated carbocycles. The van der Waals surface area contributed by atoms with E-state index in [9.17, 15) is 19.6 Å². The molecule has 0 saturated heterocycles. The van der Waals surface area contributed by atoms with Gasteiger partial charge in [-0.3, -0.25) is 10.1 Å². The van der Waals surface area contributed by atoms with Gasteiger partial charge in [0.25, 0.3) is 5.69 Å². The van der Waals surface area contributed by atoms with Gasteiger partial charge in [-0.15, -0.1) is 0 Å². The Hall–Kier alpha value is -2.47. The molecular weight excluding hydrogens is 275 g/mol. The van der Waals surface area contributed by atoms with Crippen molar-refractivity contribution in [2.45, 2.75) is 13.0 Å². The van der Waals surface area contributed by atoms with Crippen LogP contribution in [0.1, 0.15) is 18.6 Å². The minimum absolute atomic E-state index is 0.111. The predicted octanol–water partition coefficient (Wildman–Crippen LogP) is 3.56. The molecule has 1 atom stereocenters. The number of aliphatic hydroxyl groups excluding tert-OH is 1. The predicted molar refractivity (Wildman–Crippen MR) is 78.2 cm³/mol. The molecule has 0 aromatic heterocycles. The summed E-state index contributed by atoms with van der Waals surface area (Å²) in [5, 5.41) is 20.8. The highest BCUT2D eigenvalue weighted by Crippen LogP contribution is 2.34. The third kappa shape index (κ3) is 3.17.